The van der Waals surface area contributed by atoms with Crippen LogP contribution in [0.1, 0.15) is 13.3 Å². The van der Waals surface area contributed by atoms with Gasteiger partial charge in [-0.2, -0.15) is 8.42 Å². The summed E-state index contributed by atoms with van der Waals surface area (Å²) in [6.07, 6.45) is 0.968. The second-order valence-electron chi connectivity index (χ2n) is 2.41. The van der Waals surface area contributed by atoms with Crippen LogP contribution < -0.4 is 0 Å². The Bertz CT molecular complexity index is 349. The molecule has 2 N–H and O–H groups in total. The van der Waals surface area contributed by atoms with E-state index in [1.807, 2.05) is 0 Å². The number of carboxylic acids is 1. The first-order valence-corrected chi connectivity index (χ1v) is 4.74. The molecule has 0 atom stereocenters. The van der Waals surface area contributed by atoms with Crippen molar-refractivity contribution in [2.24, 2.45) is 0 Å². The first kappa shape index (κ1) is 11.9. The van der Waals surface area contributed by atoms with Gasteiger partial charge in [-0.25, -0.2) is 4.79 Å². The van der Waals surface area contributed by atoms with Gasteiger partial charge in [0.1, 0.15) is 0 Å². The first-order valence-electron chi connectivity index (χ1n) is 3.30. The van der Waals surface area contributed by atoms with Crippen molar-refractivity contribution in [1.82, 2.24) is 0 Å². The molecular formula is C7H10O5S. The van der Waals surface area contributed by atoms with Crippen molar-refractivity contribution in [1.29, 1.82) is 0 Å². The van der Waals surface area contributed by atoms with Crippen molar-refractivity contribution in [3.05, 3.63) is 23.1 Å². The third-order valence-corrected chi connectivity index (χ3v) is 2.23. The van der Waals surface area contributed by atoms with Crippen LogP contribution in [0.2, 0.25) is 0 Å². The van der Waals surface area contributed by atoms with E-state index in [2.05, 4.69) is 6.58 Å². The number of rotatable bonds is 4. The summed E-state index contributed by atoms with van der Waals surface area (Å²) < 4.78 is 29.2. The molecule has 6 heteroatoms. The highest BCUT2D eigenvalue weighted by Crippen LogP contribution is 2.08. The van der Waals surface area contributed by atoms with Crippen LogP contribution in [0.4, 0.5) is 0 Å². The smallest absolute Gasteiger partial charge is 0.330 e. The van der Waals surface area contributed by atoms with Crippen molar-refractivity contribution in [3.8, 4) is 0 Å². The summed E-state index contributed by atoms with van der Waals surface area (Å²) in [5.41, 5.74) is 0.00444. The molecule has 13 heavy (non-hydrogen) atoms. The summed E-state index contributed by atoms with van der Waals surface area (Å²) in [6, 6.07) is 0. The molecule has 0 amide bonds. The van der Waals surface area contributed by atoms with Gasteiger partial charge >= 0.3 is 5.97 Å². The Balaban J connectivity index is 4.44. The third kappa shape index (κ3) is 4.44. The van der Waals surface area contributed by atoms with Gasteiger partial charge in [0.25, 0.3) is 10.1 Å². The van der Waals surface area contributed by atoms with Gasteiger partial charge in [-0.1, -0.05) is 12.7 Å². The molecule has 0 spiro atoms. The molecule has 0 radical (unpaired) electrons. The summed E-state index contributed by atoms with van der Waals surface area (Å²) >= 11 is 0. The van der Waals surface area contributed by atoms with E-state index in [9.17, 15) is 13.2 Å². The third-order valence-electron chi connectivity index (χ3n) is 1.34. The van der Waals surface area contributed by atoms with E-state index in [1.165, 1.54) is 13.0 Å². The van der Waals surface area contributed by atoms with E-state index in [0.717, 1.165) is 0 Å². The number of allylic oxidation sites excluding steroid dienone is 2. The molecule has 0 aromatic carbocycles. The van der Waals surface area contributed by atoms with Gasteiger partial charge in [-0.15, -0.1) is 0 Å². The highest BCUT2D eigenvalue weighted by atomic mass is 32.2. The van der Waals surface area contributed by atoms with E-state index in [0.29, 0.717) is 0 Å². The molecule has 5 nitrogen and oxygen atoms in total. The topological polar surface area (TPSA) is 91.7 Å². The minimum Gasteiger partial charge on any atom is -0.478 e. The maximum absolute atomic E-state index is 10.4. The monoisotopic (exact) mass is 206 g/mol. The van der Waals surface area contributed by atoms with Gasteiger partial charge in [0, 0.05) is 12.0 Å². The molecule has 0 heterocycles. The molecule has 0 aromatic heterocycles. The van der Waals surface area contributed by atoms with Crippen molar-refractivity contribution in [2.45, 2.75) is 13.3 Å². The minimum atomic E-state index is -4.26. The fourth-order valence-corrected chi connectivity index (χ4v) is 0.753. The van der Waals surface area contributed by atoms with Gasteiger partial charge in [0.15, 0.2) is 0 Å². The van der Waals surface area contributed by atoms with E-state index in [1.54, 1.807) is 0 Å². The predicted octanol–water partition coefficient (Wildman–Crippen LogP) is 0.809. The maximum atomic E-state index is 10.4. The van der Waals surface area contributed by atoms with Crippen LogP contribution >= 0.6 is 0 Å². The van der Waals surface area contributed by atoms with Gasteiger partial charge in [-0.05, 0) is 6.92 Å². The Morgan fingerprint density at radius 2 is 2.00 bits per heavy atom. The second-order valence-corrected chi connectivity index (χ2v) is 3.94. The maximum Gasteiger partial charge on any atom is 0.330 e. The Hall–Kier alpha value is -1.14. The second kappa shape index (κ2) is 4.20. The summed E-state index contributed by atoms with van der Waals surface area (Å²) in [4.78, 5) is 9.83. The number of aliphatic carboxylic acids is 1. The van der Waals surface area contributed by atoms with Gasteiger partial charge < -0.3 is 5.11 Å². The zero-order valence-corrected chi connectivity index (χ0v) is 7.84. The molecule has 0 unspecified atom stereocenters. The molecule has 0 aromatic rings. The van der Waals surface area contributed by atoms with Gasteiger partial charge in [0.2, 0.25) is 0 Å². The Labute approximate surface area is 76.1 Å². The fourth-order valence-electron chi connectivity index (χ4n) is 0.460. The summed E-state index contributed by atoms with van der Waals surface area (Å²) in [5, 5.41) is 8.39. The van der Waals surface area contributed by atoms with E-state index < -0.39 is 21.0 Å². The average Bonchev–Trinajstić information content (AvgIpc) is 1.97. The minimum absolute atomic E-state index is 0.00444. The molecule has 0 aliphatic rings. The van der Waals surface area contributed by atoms with Crippen LogP contribution in [0.5, 0.6) is 0 Å². The highest BCUT2D eigenvalue weighted by molar-refractivity contribution is 7.89. The Kier molecular flexibility index (Phi) is 3.83. The SMILES string of the molecule is C=C(CC=C(C)C(=O)O)S(=O)(=O)O. The van der Waals surface area contributed by atoms with E-state index in [4.69, 9.17) is 9.66 Å². The van der Waals surface area contributed by atoms with Gasteiger partial charge in [-0.3, -0.25) is 4.55 Å². The zero-order valence-electron chi connectivity index (χ0n) is 7.02. The number of carboxylic acid groups (broad SMARTS) is 1. The standard InChI is InChI=1S/C7H10O5S/c1-5(7(8)9)3-4-6(2)13(10,11)12/h3H,2,4H2,1H3,(H,8,9)(H,10,11,12). The molecule has 0 aliphatic heterocycles. The van der Waals surface area contributed by atoms with E-state index in [-0.39, 0.29) is 12.0 Å². The summed E-state index contributed by atoms with van der Waals surface area (Å²) in [7, 11) is -4.26. The molecule has 0 saturated heterocycles. The summed E-state index contributed by atoms with van der Waals surface area (Å²) in [5.74, 6) is -1.14. The highest BCUT2D eigenvalue weighted by Gasteiger charge is 2.09. The average molecular weight is 206 g/mol. The van der Waals surface area contributed by atoms with Crippen LogP contribution in [0.15, 0.2) is 23.1 Å². The zero-order chi connectivity index (χ0) is 10.6. The number of carbonyl (C=O) groups is 1. The van der Waals surface area contributed by atoms with Crippen LogP contribution in [-0.4, -0.2) is 24.0 Å². The van der Waals surface area contributed by atoms with Crippen LogP contribution in [0.25, 0.3) is 0 Å². The van der Waals surface area contributed by atoms with Gasteiger partial charge in [0.05, 0.1) is 4.91 Å². The number of hydrogen-bond acceptors (Lipinski definition) is 3. The van der Waals surface area contributed by atoms with Crippen molar-refractivity contribution in [3.63, 3.8) is 0 Å². The lowest BCUT2D eigenvalue weighted by Gasteiger charge is -1.97. The Morgan fingerprint density at radius 3 is 2.31 bits per heavy atom. The Morgan fingerprint density at radius 1 is 1.54 bits per heavy atom. The quantitative estimate of drug-likeness (QED) is 0.524. The molecule has 0 rings (SSSR count). The van der Waals surface area contributed by atoms with E-state index >= 15 is 0 Å². The van der Waals surface area contributed by atoms with Crippen molar-refractivity contribution >= 4 is 16.1 Å². The lowest BCUT2D eigenvalue weighted by atomic mass is 10.2. The number of hydrogen-bond donors (Lipinski definition) is 2. The van der Waals surface area contributed by atoms with Crippen molar-refractivity contribution in [2.75, 3.05) is 0 Å². The lowest BCUT2D eigenvalue weighted by molar-refractivity contribution is -0.132. The first-order chi connectivity index (χ1) is 5.75. The van der Waals surface area contributed by atoms with Crippen LogP contribution in [-0.2, 0) is 14.9 Å². The molecule has 0 fully saturated rings. The van der Waals surface area contributed by atoms with Crippen LogP contribution in [0.3, 0.4) is 0 Å². The molecule has 0 aliphatic carbocycles. The molecule has 0 bridgehead atoms. The fraction of sp³-hybridized carbons (Fsp3) is 0.286. The van der Waals surface area contributed by atoms with Crippen molar-refractivity contribution < 1.29 is 22.9 Å². The molecule has 0 saturated carbocycles. The van der Waals surface area contributed by atoms with Crippen LogP contribution in [0, 0.1) is 0 Å². The normalized spacial score (nSPS) is 12.6. The molecular weight excluding hydrogens is 196 g/mol. The predicted molar refractivity (Wildman–Crippen MR) is 46.7 cm³/mol. The lowest BCUT2D eigenvalue weighted by Crippen LogP contribution is -2.01. The summed E-state index contributed by atoms with van der Waals surface area (Å²) in [6.45, 7) is 4.40. The molecule has 74 valence electrons. The largest absolute Gasteiger partial charge is 0.478 e.